The van der Waals surface area contributed by atoms with E-state index in [1.54, 1.807) is 25.3 Å². The van der Waals surface area contributed by atoms with Gasteiger partial charge in [-0.15, -0.1) is 0 Å². The summed E-state index contributed by atoms with van der Waals surface area (Å²) in [5, 5.41) is 22.6. The smallest absolute Gasteiger partial charge is 0.251 e. The van der Waals surface area contributed by atoms with E-state index in [0.29, 0.717) is 40.8 Å². The van der Waals surface area contributed by atoms with Gasteiger partial charge in [-0.25, -0.2) is 0 Å². The van der Waals surface area contributed by atoms with E-state index in [9.17, 15) is 15.2 Å². The van der Waals surface area contributed by atoms with Crippen molar-refractivity contribution < 1.29 is 19.4 Å². The zero-order valence-corrected chi connectivity index (χ0v) is 28.2. The third kappa shape index (κ3) is 6.66. The second-order valence-corrected chi connectivity index (χ2v) is 14.8. The highest BCUT2D eigenvalue weighted by Crippen LogP contribution is 2.55. The van der Waals surface area contributed by atoms with Crippen LogP contribution in [-0.4, -0.2) is 72.5 Å². The first-order chi connectivity index (χ1) is 21.4. The molecule has 5 rings (SSSR count). The number of nitrogens with one attached hydrogen (secondary N) is 1. The van der Waals surface area contributed by atoms with Crippen LogP contribution in [0.4, 0.5) is 5.69 Å². The molecule has 0 bridgehead atoms. The van der Waals surface area contributed by atoms with Gasteiger partial charge in [0.25, 0.3) is 5.91 Å². The molecule has 2 saturated carbocycles. The topological polar surface area (TPSA) is 98.1 Å². The number of aliphatic hydroxyl groups is 1. The molecule has 244 valence electrons. The van der Waals surface area contributed by atoms with Gasteiger partial charge in [0.2, 0.25) is 0 Å². The summed E-state index contributed by atoms with van der Waals surface area (Å²) in [5.74, 6) is 1.06. The second kappa shape index (κ2) is 13.2. The molecule has 1 heterocycles. The monoisotopic (exact) mass is 616 g/mol. The lowest BCUT2D eigenvalue weighted by Crippen LogP contribution is -2.74. The molecule has 1 amide bonds. The van der Waals surface area contributed by atoms with Gasteiger partial charge < -0.3 is 24.8 Å². The fraction of sp³-hybridized carbons (Fsp3) is 0.622. The third-order valence-electron chi connectivity index (χ3n) is 10.7. The standard InChI is InChI=1S/C37H52N4O4/c1-24(2)41(28-13-15-30(42)16-14-28)29-18-20-40(21-19-29)27-11-8-25(9-12-27)33(43)39-34-36(3,4)35(37(34,5)6)45-31-17-10-26(23-38)32(22-31)44-7/h8-12,17,22,24,28-30,34-35,42H,13-16,18-21H2,1-7H3,(H,39,43). The fourth-order valence-corrected chi connectivity index (χ4v) is 8.73. The SMILES string of the molecule is COc1cc(OC2C(C)(C)C(NC(=O)c3ccc(N4CCC(N(C(C)C)C5CCC(O)CC5)CC4)cc3)C2(C)C)ccc1C#N. The van der Waals surface area contributed by atoms with Crippen molar-refractivity contribution in [2.24, 2.45) is 10.8 Å². The molecule has 0 aromatic heterocycles. The molecule has 8 heteroatoms. The molecule has 2 aliphatic carbocycles. The van der Waals surface area contributed by atoms with Crippen molar-refractivity contribution in [2.75, 3.05) is 25.1 Å². The van der Waals surface area contributed by atoms with E-state index in [0.717, 1.165) is 57.3 Å². The lowest BCUT2D eigenvalue weighted by atomic mass is 9.49. The number of amides is 1. The van der Waals surface area contributed by atoms with Crippen LogP contribution in [0.5, 0.6) is 11.5 Å². The van der Waals surface area contributed by atoms with Gasteiger partial charge >= 0.3 is 0 Å². The molecule has 3 fully saturated rings. The Kier molecular flexibility index (Phi) is 9.72. The van der Waals surface area contributed by atoms with Crippen molar-refractivity contribution >= 4 is 11.6 Å². The summed E-state index contributed by atoms with van der Waals surface area (Å²) < 4.78 is 11.8. The molecule has 8 nitrogen and oxygen atoms in total. The Hall–Kier alpha value is -3.28. The van der Waals surface area contributed by atoms with Crippen molar-refractivity contribution in [3.63, 3.8) is 0 Å². The lowest BCUT2D eigenvalue weighted by Gasteiger charge is -2.63. The van der Waals surface area contributed by atoms with Crippen LogP contribution in [0.15, 0.2) is 42.5 Å². The van der Waals surface area contributed by atoms with Crippen molar-refractivity contribution in [3.05, 3.63) is 53.6 Å². The number of carbonyl (C=O) groups is 1. The Morgan fingerprint density at radius 3 is 2.13 bits per heavy atom. The summed E-state index contributed by atoms with van der Waals surface area (Å²) >= 11 is 0. The van der Waals surface area contributed by atoms with Gasteiger partial charge in [-0.1, -0.05) is 27.7 Å². The number of rotatable bonds is 9. The molecule has 2 aromatic rings. The van der Waals surface area contributed by atoms with Crippen molar-refractivity contribution in [1.82, 2.24) is 10.2 Å². The summed E-state index contributed by atoms with van der Waals surface area (Å²) in [4.78, 5) is 18.6. The molecule has 0 atom stereocenters. The fourth-order valence-electron chi connectivity index (χ4n) is 8.73. The minimum Gasteiger partial charge on any atom is -0.495 e. The predicted octanol–water partition coefficient (Wildman–Crippen LogP) is 6.16. The maximum absolute atomic E-state index is 13.4. The molecule has 1 saturated heterocycles. The molecule has 0 spiro atoms. The van der Waals surface area contributed by atoms with Gasteiger partial charge in [-0.05, 0) is 88.8 Å². The van der Waals surface area contributed by atoms with Gasteiger partial charge in [0.05, 0.1) is 18.8 Å². The molecule has 45 heavy (non-hydrogen) atoms. The van der Waals surface area contributed by atoms with Crippen LogP contribution >= 0.6 is 0 Å². The molecule has 1 aliphatic heterocycles. The van der Waals surface area contributed by atoms with Crippen LogP contribution in [0.2, 0.25) is 0 Å². The third-order valence-corrected chi connectivity index (χ3v) is 10.7. The number of ether oxygens (including phenoxy) is 2. The maximum atomic E-state index is 13.4. The molecule has 0 radical (unpaired) electrons. The number of carbonyl (C=O) groups excluding carboxylic acids is 1. The van der Waals surface area contributed by atoms with Gasteiger partial charge in [0.1, 0.15) is 23.7 Å². The summed E-state index contributed by atoms with van der Waals surface area (Å²) in [6.45, 7) is 15.1. The van der Waals surface area contributed by atoms with Crippen LogP contribution in [-0.2, 0) is 0 Å². The lowest BCUT2D eigenvalue weighted by molar-refractivity contribution is -0.164. The van der Waals surface area contributed by atoms with E-state index < -0.39 is 0 Å². The molecular formula is C37H52N4O4. The zero-order valence-electron chi connectivity index (χ0n) is 28.2. The highest BCUT2D eigenvalue weighted by molar-refractivity contribution is 5.95. The molecule has 3 aliphatic rings. The van der Waals surface area contributed by atoms with Crippen LogP contribution in [0, 0.1) is 22.2 Å². The number of nitrogens with zero attached hydrogens (tertiary/aromatic N) is 3. The van der Waals surface area contributed by atoms with Crippen molar-refractivity contribution in [2.45, 2.75) is 116 Å². The van der Waals surface area contributed by atoms with E-state index in [1.807, 2.05) is 12.1 Å². The largest absolute Gasteiger partial charge is 0.495 e. The van der Waals surface area contributed by atoms with Gasteiger partial charge in [0, 0.05) is 65.4 Å². The predicted molar refractivity (Wildman–Crippen MR) is 178 cm³/mol. The van der Waals surface area contributed by atoms with Gasteiger partial charge in [0.15, 0.2) is 0 Å². The first-order valence-electron chi connectivity index (χ1n) is 16.7. The van der Waals surface area contributed by atoms with Crippen molar-refractivity contribution in [3.8, 4) is 17.6 Å². The molecule has 0 unspecified atom stereocenters. The minimum absolute atomic E-state index is 0.0740. The van der Waals surface area contributed by atoms with E-state index in [1.165, 1.54) is 0 Å². The summed E-state index contributed by atoms with van der Waals surface area (Å²) in [6.07, 6.45) is 6.03. The second-order valence-electron chi connectivity index (χ2n) is 14.8. The minimum atomic E-state index is -0.314. The van der Waals surface area contributed by atoms with Crippen LogP contribution in [0.25, 0.3) is 0 Å². The number of hydrogen-bond donors (Lipinski definition) is 2. The Balaban J connectivity index is 1.17. The quantitative estimate of drug-likeness (QED) is 0.348. The Morgan fingerprint density at radius 1 is 0.978 bits per heavy atom. The Labute approximate surface area is 269 Å². The van der Waals surface area contributed by atoms with Crippen LogP contribution in [0.1, 0.15) is 96.0 Å². The number of methoxy groups -OCH3 is 1. The first kappa shape index (κ1) is 33.1. The number of anilines is 1. The van der Waals surface area contributed by atoms with E-state index >= 15 is 0 Å². The number of hydrogen-bond acceptors (Lipinski definition) is 7. The number of aliphatic hydroxyl groups excluding tert-OH is 1. The number of nitriles is 1. The highest BCUT2D eigenvalue weighted by Gasteiger charge is 2.64. The summed E-state index contributed by atoms with van der Waals surface area (Å²) in [7, 11) is 1.55. The molecule has 2 aromatic carbocycles. The van der Waals surface area contributed by atoms with Crippen molar-refractivity contribution in [1.29, 1.82) is 5.26 Å². The van der Waals surface area contributed by atoms with E-state index in [4.69, 9.17) is 9.47 Å². The van der Waals surface area contributed by atoms with Crippen LogP contribution in [0.3, 0.4) is 0 Å². The van der Waals surface area contributed by atoms with E-state index in [2.05, 4.69) is 74.9 Å². The maximum Gasteiger partial charge on any atom is 0.251 e. The molecule has 2 N–H and O–H groups in total. The number of benzene rings is 2. The number of piperidine rings is 1. The average molecular weight is 617 g/mol. The summed E-state index contributed by atoms with van der Waals surface area (Å²) in [5.41, 5.74) is 1.66. The summed E-state index contributed by atoms with van der Waals surface area (Å²) in [6, 6.07) is 17.0. The Bertz CT molecular complexity index is 1350. The van der Waals surface area contributed by atoms with Gasteiger partial charge in [-0.3, -0.25) is 9.69 Å². The highest BCUT2D eigenvalue weighted by atomic mass is 16.5. The zero-order chi connectivity index (χ0) is 32.5. The van der Waals surface area contributed by atoms with Gasteiger partial charge in [-0.2, -0.15) is 5.26 Å². The average Bonchev–Trinajstić information content (AvgIpc) is 3.03. The molecular weight excluding hydrogens is 564 g/mol. The van der Waals surface area contributed by atoms with E-state index in [-0.39, 0.29) is 35.0 Å². The first-order valence-corrected chi connectivity index (χ1v) is 16.7. The normalized spacial score (nSPS) is 26.2. The Morgan fingerprint density at radius 2 is 1.58 bits per heavy atom. The van der Waals surface area contributed by atoms with Crippen LogP contribution < -0.4 is 19.7 Å².